The van der Waals surface area contributed by atoms with Crippen LogP contribution in [0.3, 0.4) is 0 Å². The van der Waals surface area contributed by atoms with Crippen molar-refractivity contribution < 1.29 is 24.1 Å². The van der Waals surface area contributed by atoms with Gasteiger partial charge in [-0.1, -0.05) is 19.1 Å². The summed E-state index contributed by atoms with van der Waals surface area (Å²) in [6.45, 7) is 2.58. The van der Waals surface area contributed by atoms with E-state index < -0.39 is 6.04 Å². The number of aromatic hydroxyl groups is 1. The van der Waals surface area contributed by atoms with Gasteiger partial charge in [0.2, 0.25) is 5.75 Å². The molecule has 0 saturated carbocycles. The Balaban J connectivity index is 1.95. The van der Waals surface area contributed by atoms with E-state index in [0.29, 0.717) is 46.3 Å². The fourth-order valence-electron chi connectivity index (χ4n) is 4.15. The third-order valence-electron chi connectivity index (χ3n) is 5.49. The maximum absolute atomic E-state index is 13.2. The van der Waals surface area contributed by atoms with Crippen molar-refractivity contribution >= 4 is 5.91 Å². The molecule has 0 unspecified atom stereocenters. The fourth-order valence-corrected chi connectivity index (χ4v) is 4.15. The van der Waals surface area contributed by atoms with Crippen molar-refractivity contribution in [3.8, 4) is 34.3 Å². The van der Waals surface area contributed by atoms with Gasteiger partial charge in [0.25, 0.3) is 5.91 Å². The molecule has 0 saturated heterocycles. The Morgan fingerprint density at radius 3 is 2.35 bits per heavy atom. The minimum atomic E-state index is -0.426. The SMILES string of the molecule is CCCN1C(=O)c2[nH]nc(-c3ccccc3O)c2[C@H]1c1cc(OC)c(OC)c(OC)c1. The summed E-state index contributed by atoms with van der Waals surface area (Å²) in [7, 11) is 4.66. The molecule has 0 radical (unpaired) electrons. The molecular formula is C23H25N3O5. The van der Waals surface area contributed by atoms with Crippen LogP contribution in [0.25, 0.3) is 11.3 Å². The molecule has 1 aliphatic rings. The Morgan fingerprint density at radius 2 is 1.77 bits per heavy atom. The van der Waals surface area contributed by atoms with Crippen molar-refractivity contribution in [1.82, 2.24) is 15.1 Å². The number of hydrogen-bond donors (Lipinski definition) is 2. The number of methoxy groups -OCH3 is 3. The first-order valence-corrected chi connectivity index (χ1v) is 10.0. The van der Waals surface area contributed by atoms with Gasteiger partial charge in [-0.25, -0.2) is 0 Å². The number of nitrogens with one attached hydrogen (secondary N) is 1. The van der Waals surface area contributed by atoms with Crippen LogP contribution in [0, 0.1) is 0 Å². The van der Waals surface area contributed by atoms with Crippen LogP contribution >= 0.6 is 0 Å². The molecule has 0 bridgehead atoms. The van der Waals surface area contributed by atoms with Crippen molar-refractivity contribution in [2.24, 2.45) is 0 Å². The predicted molar refractivity (Wildman–Crippen MR) is 115 cm³/mol. The van der Waals surface area contributed by atoms with E-state index in [1.807, 2.05) is 25.1 Å². The quantitative estimate of drug-likeness (QED) is 0.601. The minimum absolute atomic E-state index is 0.0989. The summed E-state index contributed by atoms with van der Waals surface area (Å²) in [6, 6.07) is 10.2. The monoisotopic (exact) mass is 423 g/mol. The summed E-state index contributed by atoms with van der Waals surface area (Å²) in [5.41, 5.74) is 3.04. The van der Waals surface area contributed by atoms with Gasteiger partial charge in [-0.3, -0.25) is 9.89 Å². The molecule has 2 heterocycles. The molecule has 2 N–H and O–H groups in total. The summed E-state index contributed by atoms with van der Waals surface area (Å²) in [5.74, 6) is 1.45. The third-order valence-corrected chi connectivity index (χ3v) is 5.49. The van der Waals surface area contributed by atoms with Crippen molar-refractivity contribution in [3.05, 3.63) is 53.2 Å². The Hall–Kier alpha value is -3.68. The third kappa shape index (κ3) is 3.24. The molecule has 1 aliphatic heterocycles. The Kier molecular flexibility index (Phi) is 5.46. The number of ether oxygens (including phenoxy) is 3. The van der Waals surface area contributed by atoms with Crippen LogP contribution in [0.2, 0.25) is 0 Å². The second-order valence-electron chi connectivity index (χ2n) is 7.24. The van der Waals surface area contributed by atoms with Gasteiger partial charge in [0.05, 0.1) is 27.4 Å². The maximum atomic E-state index is 13.2. The van der Waals surface area contributed by atoms with E-state index in [1.54, 1.807) is 44.4 Å². The summed E-state index contributed by atoms with van der Waals surface area (Å²) in [5, 5.41) is 17.7. The zero-order valence-electron chi connectivity index (χ0n) is 17.9. The Morgan fingerprint density at radius 1 is 1.10 bits per heavy atom. The molecule has 0 fully saturated rings. The van der Waals surface area contributed by atoms with Crippen LogP contribution in [-0.4, -0.2) is 54.0 Å². The molecule has 0 aliphatic carbocycles. The first kappa shape index (κ1) is 20.6. The van der Waals surface area contributed by atoms with Gasteiger partial charge in [0.15, 0.2) is 11.5 Å². The average molecular weight is 423 g/mol. The first-order valence-electron chi connectivity index (χ1n) is 10.0. The molecule has 4 rings (SSSR count). The lowest BCUT2D eigenvalue weighted by molar-refractivity contribution is 0.0743. The van der Waals surface area contributed by atoms with E-state index in [2.05, 4.69) is 10.2 Å². The van der Waals surface area contributed by atoms with Crippen LogP contribution in [0.15, 0.2) is 36.4 Å². The van der Waals surface area contributed by atoms with Crippen LogP contribution < -0.4 is 14.2 Å². The minimum Gasteiger partial charge on any atom is -0.507 e. The van der Waals surface area contributed by atoms with Gasteiger partial charge >= 0.3 is 0 Å². The summed E-state index contributed by atoms with van der Waals surface area (Å²) >= 11 is 0. The highest BCUT2D eigenvalue weighted by Crippen LogP contribution is 2.48. The number of phenolic OH excluding ortho intramolecular Hbond substituents is 1. The standard InChI is InChI=1S/C23H25N3O5/c1-5-10-26-21(13-11-16(29-2)22(31-4)17(12-13)30-3)18-19(24-25-20(18)23(26)28)14-8-6-7-9-15(14)27/h6-9,11-12,21,27H,5,10H2,1-4H3,(H,24,25)/t21-/m1/s1. The molecule has 8 nitrogen and oxygen atoms in total. The summed E-state index contributed by atoms with van der Waals surface area (Å²) in [6.07, 6.45) is 0.788. The molecule has 1 atom stereocenters. The lowest BCUT2D eigenvalue weighted by atomic mass is 9.95. The average Bonchev–Trinajstić information content (AvgIpc) is 3.32. The number of phenols is 1. The van der Waals surface area contributed by atoms with Gasteiger partial charge < -0.3 is 24.2 Å². The molecule has 3 aromatic rings. The van der Waals surface area contributed by atoms with Crippen molar-refractivity contribution in [3.63, 3.8) is 0 Å². The number of fused-ring (bicyclic) bond motifs is 1. The number of hydrogen-bond acceptors (Lipinski definition) is 6. The highest BCUT2D eigenvalue weighted by atomic mass is 16.5. The normalized spacial score (nSPS) is 15.2. The Bertz CT molecular complexity index is 1100. The number of H-pyrrole nitrogens is 1. The highest BCUT2D eigenvalue weighted by Gasteiger charge is 2.42. The number of amides is 1. The molecule has 31 heavy (non-hydrogen) atoms. The molecule has 2 aromatic carbocycles. The lowest BCUT2D eigenvalue weighted by Gasteiger charge is -2.27. The van der Waals surface area contributed by atoms with E-state index >= 15 is 0 Å². The Labute approximate surface area is 180 Å². The molecule has 162 valence electrons. The van der Waals surface area contributed by atoms with E-state index in [9.17, 15) is 9.90 Å². The van der Waals surface area contributed by atoms with Gasteiger partial charge in [-0.05, 0) is 36.2 Å². The first-order chi connectivity index (χ1) is 15.0. The van der Waals surface area contributed by atoms with E-state index in [4.69, 9.17) is 14.2 Å². The van der Waals surface area contributed by atoms with Crippen LogP contribution in [-0.2, 0) is 0 Å². The molecule has 0 spiro atoms. The largest absolute Gasteiger partial charge is 0.507 e. The number of aromatic amines is 1. The smallest absolute Gasteiger partial charge is 0.273 e. The number of carbonyl (C=O) groups excluding carboxylic acids is 1. The summed E-state index contributed by atoms with van der Waals surface area (Å²) in [4.78, 5) is 15.0. The zero-order chi connectivity index (χ0) is 22.1. The van der Waals surface area contributed by atoms with Gasteiger partial charge in [-0.2, -0.15) is 5.10 Å². The molecule has 8 heteroatoms. The molecule has 1 amide bonds. The second-order valence-corrected chi connectivity index (χ2v) is 7.24. The topological polar surface area (TPSA) is 96.9 Å². The van der Waals surface area contributed by atoms with Crippen molar-refractivity contribution in [2.75, 3.05) is 27.9 Å². The van der Waals surface area contributed by atoms with Crippen molar-refractivity contribution in [1.29, 1.82) is 0 Å². The predicted octanol–water partition coefficient (Wildman–Crippen LogP) is 3.76. The van der Waals surface area contributed by atoms with Crippen LogP contribution in [0.1, 0.15) is 41.0 Å². The highest BCUT2D eigenvalue weighted by molar-refractivity contribution is 6.00. The number of nitrogens with zero attached hydrogens (tertiary/aromatic N) is 2. The number of para-hydroxylation sites is 1. The second kappa shape index (κ2) is 8.22. The lowest BCUT2D eigenvalue weighted by Crippen LogP contribution is -2.30. The fraction of sp³-hybridized carbons (Fsp3) is 0.304. The summed E-state index contributed by atoms with van der Waals surface area (Å²) < 4.78 is 16.5. The molecule has 1 aromatic heterocycles. The number of rotatable bonds is 7. The number of benzene rings is 2. The van der Waals surface area contributed by atoms with Crippen LogP contribution in [0.4, 0.5) is 0 Å². The number of carbonyl (C=O) groups is 1. The van der Waals surface area contributed by atoms with E-state index in [0.717, 1.165) is 12.0 Å². The van der Waals surface area contributed by atoms with Crippen molar-refractivity contribution in [2.45, 2.75) is 19.4 Å². The van der Waals surface area contributed by atoms with E-state index in [-0.39, 0.29) is 11.7 Å². The zero-order valence-corrected chi connectivity index (χ0v) is 17.9. The van der Waals surface area contributed by atoms with Crippen LogP contribution in [0.5, 0.6) is 23.0 Å². The maximum Gasteiger partial charge on any atom is 0.273 e. The molecular weight excluding hydrogens is 398 g/mol. The van der Waals surface area contributed by atoms with Gasteiger partial charge in [-0.15, -0.1) is 0 Å². The number of aromatic nitrogens is 2. The van der Waals surface area contributed by atoms with E-state index in [1.165, 1.54) is 0 Å². The van der Waals surface area contributed by atoms with Gasteiger partial charge in [0.1, 0.15) is 17.1 Å². The van der Waals surface area contributed by atoms with Gasteiger partial charge in [0, 0.05) is 17.7 Å².